The lowest BCUT2D eigenvalue weighted by molar-refractivity contribution is 0.0600. The molecule has 0 aliphatic carbocycles. The molecule has 1 aromatic heterocycles. The molecule has 1 saturated heterocycles. The number of methoxy groups -OCH3 is 2. The van der Waals surface area contributed by atoms with Crippen LogP contribution in [0.15, 0.2) is 39.9 Å². The van der Waals surface area contributed by atoms with Gasteiger partial charge < -0.3 is 9.47 Å². The van der Waals surface area contributed by atoms with Gasteiger partial charge in [0.15, 0.2) is 0 Å². The molecule has 3 rings (SSSR count). The van der Waals surface area contributed by atoms with E-state index in [2.05, 4.69) is 14.4 Å². The Morgan fingerprint density at radius 1 is 1.30 bits per heavy atom. The summed E-state index contributed by atoms with van der Waals surface area (Å²) in [5.74, 6) is -0.433. The molecule has 0 amide bonds. The fraction of sp³-hybridized carbons (Fsp3) is 0.389. The first-order chi connectivity index (χ1) is 13.0. The summed E-state index contributed by atoms with van der Waals surface area (Å²) in [5, 5.41) is 4.02. The van der Waals surface area contributed by atoms with Crippen LogP contribution in [0.1, 0.15) is 28.4 Å². The average Bonchev–Trinajstić information content (AvgIpc) is 3.16. The maximum atomic E-state index is 12.9. The highest BCUT2D eigenvalue weighted by Crippen LogP contribution is 2.29. The van der Waals surface area contributed by atoms with Crippen LogP contribution in [0.3, 0.4) is 0 Å². The quantitative estimate of drug-likeness (QED) is 0.672. The van der Waals surface area contributed by atoms with Crippen LogP contribution in [-0.2, 0) is 14.8 Å². The molecule has 1 unspecified atom stereocenters. The van der Waals surface area contributed by atoms with Crippen LogP contribution in [0.25, 0.3) is 0 Å². The summed E-state index contributed by atoms with van der Waals surface area (Å²) in [6.07, 6.45) is 1.11. The number of thiophene rings is 1. The highest BCUT2D eigenvalue weighted by atomic mass is 32.2. The summed E-state index contributed by atoms with van der Waals surface area (Å²) in [7, 11) is -1.24. The smallest absolute Gasteiger partial charge is 0.337 e. The van der Waals surface area contributed by atoms with Crippen LogP contribution >= 0.6 is 11.3 Å². The summed E-state index contributed by atoms with van der Waals surface area (Å²) < 4.78 is 38.4. The van der Waals surface area contributed by atoms with Gasteiger partial charge in [0.25, 0.3) is 0 Å². The number of sulfonamides is 1. The van der Waals surface area contributed by atoms with Crippen molar-refractivity contribution in [3.05, 3.63) is 46.2 Å². The molecule has 1 aliphatic heterocycles. The number of nitrogens with one attached hydrogen (secondary N) is 1. The van der Waals surface area contributed by atoms with Crippen molar-refractivity contribution in [3.63, 3.8) is 0 Å². The van der Waals surface area contributed by atoms with Gasteiger partial charge >= 0.3 is 5.97 Å². The fourth-order valence-electron chi connectivity index (χ4n) is 2.97. The second-order valence-electron chi connectivity index (χ2n) is 6.17. The van der Waals surface area contributed by atoms with E-state index in [1.54, 1.807) is 11.3 Å². The monoisotopic (exact) mass is 410 g/mol. The first-order valence-electron chi connectivity index (χ1n) is 8.48. The normalized spacial score (nSPS) is 15.8. The highest BCUT2D eigenvalue weighted by molar-refractivity contribution is 7.89. The van der Waals surface area contributed by atoms with Gasteiger partial charge in [-0.2, -0.15) is 11.3 Å². The van der Waals surface area contributed by atoms with Gasteiger partial charge in [0, 0.05) is 25.7 Å². The minimum absolute atomic E-state index is 0.0189. The van der Waals surface area contributed by atoms with Crippen molar-refractivity contribution in [2.75, 3.05) is 33.9 Å². The molecule has 7 nitrogen and oxygen atoms in total. The Morgan fingerprint density at radius 3 is 2.63 bits per heavy atom. The summed E-state index contributed by atoms with van der Waals surface area (Å²) in [6, 6.07) is 6.19. The maximum absolute atomic E-state index is 12.9. The minimum atomic E-state index is -3.88. The summed E-state index contributed by atoms with van der Waals surface area (Å²) in [5.41, 5.74) is 1.24. The van der Waals surface area contributed by atoms with Gasteiger partial charge in [-0.1, -0.05) is 0 Å². The van der Waals surface area contributed by atoms with E-state index in [9.17, 15) is 13.2 Å². The van der Waals surface area contributed by atoms with Crippen molar-refractivity contribution in [1.82, 2.24) is 9.62 Å². The topological polar surface area (TPSA) is 84.9 Å². The Hall–Kier alpha value is -1.94. The molecule has 0 saturated carbocycles. The molecule has 27 heavy (non-hydrogen) atoms. The molecular weight excluding hydrogens is 388 g/mol. The number of likely N-dealkylation sites (tertiary alicyclic amines) is 1. The van der Waals surface area contributed by atoms with Gasteiger partial charge in [-0.15, -0.1) is 0 Å². The zero-order chi connectivity index (χ0) is 19.4. The van der Waals surface area contributed by atoms with Crippen molar-refractivity contribution in [2.24, 2.45) is 0 Å². The lowest BCUT2D eigenvalue weighted by Gasteiger charge is -2.38. The third-order valence-corrected chi connectivity index (χ3v) is 6.75. The fourth-order valence-corrected chi connectivity index (χ4v) is 4.91. The van der Waals surface area contributed by atoms with Gasteiger partial charge in [0.1, 0.15) is 10.6 Å². The summed E-state index contributed by atoms with van der Waals surface area (Å²) in [4.78, 5) is 13.9. The van der Waals surface area contributed by atoms with Crippen molar-refractivity contribution in [2.45, 2.75) is 17.4 Å². The molecule has 1 fully saturated rings. The lowest BCUT2D eigenvalue weighted by atomic mass is 10.1. The second-order valence-corrected chi connectivity index (χ2v) is 8.69. The van der Waals surface area contributed by atoms with Gasteiger partial charge in [-0.25, -0.2) is 17.9 Å². The van der Waals surface area contributed by atoms with E-state index in [4.69, 9.17) is 4.74 Å². The standard InChI is InChI=1S/C18H22N2O5S2/c1-24-16-5-4-13(18(21)25-2)10-17(16)27(22,23)19-11-15(20-7-3-8-20)14-6-9-26-12-14/h4-6,9-10,12,15,19H,3,7-8,11H2,1-2H3. The zero-order valence-corrected chi connectivity index (χ0v) is 16.8. The number of benzene rings is 1. The van der Waals surface area contributed by atoms with Crippen molar-refractivity contribution >= 4 is 27.3 Å². The van der Waals surface area contributed by atoms with Gasteiger partial charge in [0.2, 0.25) is 10.0 Å². The zero-order valence-electron chi connectivity index (χ0n) is 15.2. The second kappa shape index (κ2) is 8.39. The van der Waals surface area contributed by atoms with E-state index >= 15 is 0 Å². The van der Waals surface area contributed by atoms with E-state index in [0.29, 0.717) is 0 Å². The molecule has 9 heteroatoms. The minimum Gasteiger partial charge on any atom is -0.495 e. The van der Waals surface area contributed by atoms with Crippen molar-refractivity contribution in [1.29, 1.82) is 0 Å². The van der Waals surface area contributed by atoms with E-state index in [0.717, 1.165) is 25.1 Å². The molecule has 0 radical (unpaired) electrons. The van der Waals surface area contributed by atoms with Crippen LogP contribution < -0.4 is 9.46 Å². The van der Waals surface area contributed by atoms with E-state index in [-0.39, 0.29) is 28.8 Å². The number of ether oxygens (including phenoxy) is 2. The van der Waals surface area contributed by atoms with Gasteiger partial charge in [-0.3, -0.25) is 4.90 Å². The molecule has 2 heterocycles. The molecule has 2 aromatic rings. The highest BCUT2D eigenvalue weighted by Gasteiger charge is 2.29. The van der Waals surface area contributed by atoms with E-state index < -0.39 is 16.0 Å². The van der Waals surface area contributed by atoms with Crippen LogP contribution in [0.2, 0.25) is 0 Å². The van der Waals surface area contributed by atoms with Crippen molar-refractivity contribution in [3.8, 4) is 5.75 Å². The number of nitrogens with zero attached hydrogens (tertiary/aromatic N) is 1. The maximum Gasteiger partial charge on any atom is 0.337 e. The Bertz CT molecular complexity index is 892. The van der Waals surface area contributed by atoms with Crippen LogP contribution in [0, 0.1) is 0 Å². The summed E-state index contributed by atoms with van der Waals surface area (Å²) in [6.45, 7) is 2.14. The molecule has 146 valence electrons. The number of carbonyl (C=O) groups is 1. The number of carbonyl (C=O) groups excluding carboxylic acids is 1. The number of esters is 1. The molecule has 1 atom stereocenters. The largest absolute Gasteiger partial charge is 0.495 e. The van der Waals surface area contributed by atoms with Crippen molar-refractivity contribution < 1.29 is 22.7 Å². The Kier molecular flexibility index (Phi) is 6.15. The molecule has 1 N–H and O–H groups in total. The van der Waals surface area contributed by atoms with Crippen LogP contribution in [-0.4, -0.2) is 53.1 Å². The predicted molar refractivity (Wildman–Crippen MR) is 103 cm³/mol. The SMILES string of the molecule is COC(=O)c1ccc(OC)c(S(=O)(=O)NCC(c2ccsc2)N2CCC2)c1. The molecule has 0 bridgehead atoms. The molecular formula is C18H22N2O5S2. The number of hydrogen-bond donors (Lipinski definition) is 1. The number of rotatable bonds is 8. The third-order valence-electron chi connectivity index (χ3n) is 4.60. The Balaban J connectivity index is 1.84. The Morgan fingerprint density at radius 2 is 2.07 bits per heavy atom. The first-order valence-corrected chi connectivity index (χ1v) is 10.9. The first kappa shape index (κ1) is 19.8. The molecule has 1 aromatic carbocycles. The van der Waals surface area contributed by atoms with Gasteiger partial charge in [0.05, 0.1) is 19.8 Å². The van der Waals surface area contributed by atoms with Crippen LogP contribution in [0.4, 0.5) is 0 Å². The average molecular weight is 411 g/mol. The lowest BCUT2D eigenvalue weighted by Crippen LogP contribution is -2.45. The third kappa shape index (κ3) is 4.32. The van der Waals surface area contributed by atoms with E-state index in [1.807, 2.05) is 16.8 Å². The van der Waals surface area contributed by atoms with Crippen LogP contribution in [0.5, 0.6) is 5.75 Å². The molecule has 1 aliphatic rings. The predicted octanol–water partition coefficient (Wildman–Crippen LogP) is 2.27. The Labute approximate surface area is 163 Å². The number of hydrogen-bond acceptors (Lipinski definition) is 7. The van der Waals surface area contributed by atoms with Gasteiger partial charge in [-0.05, 0) is 47.0 Å². The van der Waals surface area contributed by atoms with E-state index in [1.165, 1.54) is 32.4 Å². The molecule has 0 spiro atoms. The summed E-state index contributed by atoms with van der Waals surface area (Å²) >= 11 is 1.59.